The Labute approximate surface area is 227 Å². The summed E-state index contributed by atoms with van der Waals surface area (Å²) in [7, 11) is -4.09. The summed E-state index contributed by atoms with van der Waals surface area (Å²) in [5, 5.41) is 4.23. The molecule has 0 saturated heterocycles. The number of para-hydroxylation sites is 2. The molecule has 0 aromatic heterocycles. The Hall–Kier alpha value is -4.14. The van der Waals surface area contributed by atoms with Crippen LogP contribution in [0, 0.1) is 6.92 Å². The molecule has 0 saturated carbocycles. The van der Waals surface area contributed by atoms with Gasteiger partial charge in [-0.3, -0.25) is 9.10 Å². The first-order valence-corrected chi connectivity index (χ1v) is 13.6. The molecule has 1 N–H and O–H groups in total. The van der Waals surface area contributed by atoms with E-state index in [1.54, 1.807) is 48.5 Å². The number of benzene rings is 4. The number of hydrogen-bond donors (Lipinski definition) is 1. The van der Waals surface area contributed by atoms with E-state index >= 15 is 0 Å². The molecular formula is C29H26ClN3O4S. The van der Waals surface area contributed by atoms with Gasteiger partial charge in [-0.1, -0.05) is 83.9 Å². The Morgan fingerprint density at radius 3 is 2.32 bits per heavy atom. The summed E-state index contributed by atoms with van der Waals surface area (Å²) >= 11 is 6.32. The van der Waals surface area contributed by atoms with Crippen molar-refractivity contribution in [3.63, 3.8) is 0 Å². The number of amides is 1. The van der Waals surface area contributed by atoms with Crippen LogP contribution in [0.3, 0.4) is 0 Å². The maximum absolute atomic E-state index is 13.5. The van der Waals surface area contributed by atoms with Crippen molar-refractivity contribution in [1.29, 1.82) is 0 Å². The van der Waals surface area contributed by atoms with Crippen molar-refractivity contribution in [2.75, 3.05) is 10.8 Å². The number of carbonyl (C=O) groups is 1. The van der Waals surface area contributed by atoms with Crippen LogP contribution in [-0.4, -0.2) is 27.1 Å². The van der Waals surface area contributed by atoms with Gasteiger partial charge in [0.05, 0.1) is 21.8 Å². The Morgan fingerprint density at radius 1 is 0.921 bits per heavy atom. The van der Waals surface area contributed by atoms with Crippen LogP contribution in [0.1, 0.15) is 16.7 Å². The Balaban J connectivity index is 1.50. The molecule has 0 fully saturated rings. The molecule has 1 amide bonds. The molecule has 0 spiro atoms. The fourth-order valence-electron chi connectivity index (χ4n) is 3.58. The molecule has 0 heterocycles. The number of halogens is 1. The van der Waals surface area contributed by atoms with Gasteiger partial charge in [0.2, 0.25) is 0 Å². The highest BCUT2D eigenvalue weighted by Gasteiger charge is 2.28. The number of hydrogen-bond acceptors (Lipinski definition) is 5. The van der Waals surface area contributed by atoms with Gasteiger partial charge in [-0.2, -0.15) is 5.10 Å². The molecular weight excluding hydrogens is 522 g/mol. The predicted octanol–water partition coefficient (Wildman–Crippen LogP) is 5.57. The average Bonchev–Trinajstić information content (AvgIpc) is 2.92. The van der Waals surface area contributed by atoms with Crippen molar-refractivity contribution < 1.29 is 17.9 Å². The monoisotopic (exact) mass is 547 g/mol. The van der Waals surface area contributed by atoms with E-state index in [2.05, 4.69) is 10.5 Å². The van der Waals surface area contributed by atoms with Gasteiger partial charge in [0.15, 0.2) is 0 Å². The van der Waals surface area contributed by atoms with Crippen molar-refractivity contribution in [2.45, 2.75) is 18.4 Å². The zero-order valence-corrected chi connectivity index (χ0v) is 22.2. The van der Waals surface area contributed by atoms with Gasteiger partial charge in [-0.15, -0.1) is 0 Å². The van der Waals surface area contributed by atoms with Crippen molar-refractivity contribution in [3.8, 4) is 5.75 Å². The van der Waals surface area contributed by atoms with E-state index in [0.717, 1.165) is 15.4 Å². The first-order chi connectivity index (χ1) is 18.3. The summed E-state index contributed by atoms with van der Waals surface area (Å²) < 4.78 is 33.9. The molecule has 4 aromatic carbocycles. The minimum Gasteiger partial charge on any atom is -0.488 e. The summed E-state index contributed by atoms with van der Waals surface area (Å²) in [6, 6.07) is 29.8. The van der Waals surface area contributed by atoms with Crippen LogP contribution in [-0.2, 0) is 21.4 Å². The zero-order chi connectivity index (χ0) is 27.0. The molecule has 194 valence electrons. The second-order valence-corrected chi connectivity index (χ2v) is 10.7. The van der Waals surface area contributed by atoms with E-state index in [4.69, 9.17) is 16.3 Å². The number of aryl methyl sites for hydroxylation is 1. The quantitative estimate of drug-likeness (QED) is 0.207. The summed E-state index contributed by atoms with van der Waals surface area (Å²) in [5.41, 5.74) is 5.18. The molecule has 0 atom stereocenters. The van der Waals surface area contributed by atoms with Crippen LogP contribution in [0.4, 0.5) is 5.69 Å². The third kappa shape index (κ3) is 6.79. The Bertz CT molecular complexity index is 1530. The van der Waals surface area contributed by atoms with E-state index in [0.29, 0.717) is 17.9 Å². The first-order valence-electron chi connectivity index (χ1n) is 11.8. The number of sulfonamides is 1. The van der Waals surface area contributed by atoms with E-state index < -0.39 is 22.5 Å². The van der Waals surface area contributed by atoms with E-state index in [-0.39, 0.29) is 15.6 Å². The maximum atomic E-state index is 13.5. The van der Waals surface area contributed by atoms with E-state index in [1.807, 2.05) is 49.4 Å². The lowest BCUT2D eigenvalue weighted by Crippen LogP contribution is -2.39. The largest absolute Gasteiger partial charge is 0.488 e. The maximum Gasteiger partial charge on any atom is 0.264 e. The molecule has 0 aliphatic heterocycles. The molecule has 4 aromatic rings. The van der Waals surface area contributed by atoms with Gasteiger partial charge in [-0.25, -0.2) is 13.8 Å². The molecule has 9 heteroatoms. The standard InChI is InChI=1S/C29H26ClN3O4S/c1-22-15-17-25(18-16-22)38(35,36)33(27-13-7-6-12-26(27)30)20-29(34)32-31-19-24-11-5-8-14-28(24)37-21-23-9-3-2-4-10-23/h2-19H,20-21H2,1H3,(H,32,34)/b31-19+. The van der Waals surface area contributed by atoms with Gasteiger partial charge in [0.1, 0.15) is 18.9 Å². The third-order valence-corrected chi connectivity index (χ3v) is 7.66. The normalized spacial score (nSPS) is 11.3. The van der Waals surface area contributed by atoms with Crippen molar-refractivity contribution >= 4 is 39.4 Å². The molecule has 38 heavy (non-hydrogen) atoms. The highest BCUT2D eigenvalue weighted by atomic mass is 35.5. The Kier molecular flexibility index (Phi) is 8.78. The molecule has 0 bridgehead atoms. The number of rotatable bonds is 10. The van der Waals surface area contributed by atoms with Crippen LogP contribution in [0.5, 0.6) is 5.75 Å². The van der Waals surface area contributed by atoms with Crippen LogP contribution in [0.2, 0.25) is 5.02 Å². The SMILES string of the molecule is Cc1ccc(S(=O)(=O)N(CC(=O)N/N=C/c2ccccc2OCc2ccccc2)c2ccccc2Cl)cc1. The minimum absolute atomic E-state index is 0.0452. The number of nitrogens with zero attached hydrogens (tertiary/aromatic N) is 2. The van der Waals surface area contributed by atoms with Gasteiger partial charge < -0.3 is 4.74 Å². The number of ether oxygens (including phenoxy) is 1. The third-order valence-electron chi connectivity index (χ3n) is 5.57. The molecule has 0 radical (unpaired) electrons. The smallest absolute Gasteiger partial charge is 0.264 e. The number of hydrazone groups is 1. The summed E-state index contributed by atoms with van der Waals surface area (Å²) in [5.74, 6) is -0.0477. The van der Waals surface area contributed by atoms with Crippen molar-refractivity contribution in [3.05, 3.63) is 125 Å². The van der Waals surface area contributed by atoms with Gasteiger partial charge in [0.25, 0.3) is 15.9 Å². The lowest BCUT2D eigenvalue weighted by atomic mass is 10.2. The van der Waals surface area contributed by atoms with Gasteiger partial charge >= 0.3 is 0 Å². The van der Waals surface area contributed by atoms with E-state index in [9.17, 15) is 13.2 Å². The van der Waals surface area contributed by atoms with E-state index in [1.165, 1.54) is 18.3 Å². The van der Waals surface area contributed by atoms with Gasteiger partial charge in [-0.05, 0) is 48.9 Å². The molecule has 7 nitrogen and oxygen atoms in total. The van der Waals surface area contributed by atoms with Gasteiger partial charge in [0, 0.05) is 5.56 Å². The van der Waals surface area contributed by atoms with Crippen LogP contribution >= 0.6 is 11.6 Å². The highest BCUT2D eigenvalue weighted by molar-refractivity contribution is 7.92. The van der Waals surface area contributed by atoms with Crippen LogP contribution in [0.25, 0.3) is 0 Å². The first kappa shape index (κ1) is 26.9. The Morgan fingerprint density at radius 2 is 1.58 bits per heavy atom. The molecule has 0 unspecified atom stereocenters. The summed E-state index contributed by atoms with van der Waals surface area (Å²) in [6.45, 7) is 1.71. The fraction of sp³-hybridized carbons (Fsp3) is 0.103. The average molecular weight is 548 g/mol. The fourth-order valence-corrected chi connectivity index (χ4v) is 5.31. The second-order valence-electron chi connectivity index (χ2n) is 8.38. The summed E-state index contributed by atoms with van der Waals surface area (Å²) in [6.07, 6.45) is 1.45. The minimum atomic E-state index is -4.09. The predicted molar refractivity (Wildman–Crippen MR) is 150 cm³/mol. The second kappa shape index (κ2) is 12.4. The highest BCUT2D eigenvalue weighted by Crippen LogP contribution is 2.30. The zero-order valence-electron chi connectivity index (χ0n) is 20.6. The van der Waals surface area contributed by atoms with Crippen molar-refractivity contribution in [2.24, 2.45) is 5.10 Å². The van der Waals surface area contributed by atoms with Crippen LogP contribution in [0.15, 0.2) is 113 Å². The molecule has 0 aliphatic rings. The summed E-state index contributed by atoms with van der Waals surface area (Å²) in [4.78, 5) is 12.9. The van der Waals surface area contributed by atoms with Crippen molar-refractivity contribution in [1.82, 2.24) is 5.43 Å². The molecule has 4 rings (SSSR count). The lowest BCUT2D eigenvalue weighted by molar-refractivity contribution is -0.119. The topological polar surface area (TPSA) is 88.1 Å². The lowest BCUT2D eigenvalue weighted by Gasteiger charge is -2.24. The molecule has 0 aliphatic carbocycles. The number of carbonyl (C=O) groups excluding carboxylic acids is 1. The number of nitrogens with one attached hydrogen (secondary N) is 1. The number of anilines is 1. The van der Waals surface area contributed by atoms with Crippen LogP contribution < -0.4 is 14.5 Å².